The van der Waals surface area contributed by atoms with Crippen LogP contribution in [0.4, 0.5) is 8.78 Å². The molecule has 0 radical (unpaired) electrons. The van der Waals surface area contributed by atoms with Gasteiger partial charge in [-0.25, -0.2) is 8.78 Å². The lowest BCUT2D eigenvalue weighted by molar-refractivity contribution is -0.921. The molecular formula is C17H25F2N2O+. The third kappa shape index (κ3) is 4.03. The second-order valence-electron chi connectivity index (χ2n) is 5.97. The van der Waals surface area contributed by atoms with E-state index >= 15 is 0 Å². The topological polar surface area (TPSA) is 24.8 Å². The van der Waals surface area contributed by atoms with Crippen LogP contribution in [0.5, 0.6) is 0 Å². The Balaban J connectivity index is 2.00. The summed E-state index contributed by atoms with van der Waals surface area (Å²) in [5.74, 6) is -0.817. The minimum atomic E-state index is -0.551. The number of nitrogens with one attached hydrogen (secondary N) is 1. The van der Waals surface area contributed by atoms with Crippen molar-refractivity contribution in [1.29, 1.82) is 0 Å². The van der Waals surface area contributed by atoms with Gasteiger partial charge in [0.2, 0.25) is 5.91 Å². The van der Waals surface area contributed by atoms with Crippen LogP contribution < -0.4 is 4.90 Å². The number of benzene rings is 1. The van der Waals surface area contributed by atoms with Crippen LogP contribution >= 0.6 is 0 Å². The number of piperidine rings is 1. The predicted octanol–water partition coefficient (Wildman–Crippen LogP) is 1.63. The summed E-state index contributed by atoms with van der Waals surface area (Å²) < 4.78 is 26.7. The molecule has 0 bridgehead atoms. The highest BCUT2D eigenvalue weighted by Crippen LogP contribution is 2.13. The molecule has 5 heteroatoms. The van der Waals surface area contributed by atoms with Gasteiger partial charge in [0.25, 0.3) is 0 Å². The second-order valence-corrected chi connectivity index (χ2v) is 5.97. The molecule has 1 N–H and O–H groups in total. The molecule has 1 aromatic carbocycles. The van der Waals surface area contributed by atoms with Crippen LogP contribution in [0.1, 0.15) is 32.3 Å². The van der Waals surface area contributed by atoms with Crippen molar-refractivity contribution in [3.8, 4) is 0 Å². The van der Waals surface area contributed by atoms with E-state index in [9.17, 15) is 13.6 Å². The SMILES string of the molecule is CCN(CC)C(=O)[C@H]1CCC[NH+](Cc2ccc(F)cc2F)C1. The van der Waals surface area contributed by atoms with Crippen molar-refractivity contribution in [2.75, 3.05) is 26.2 Å². The van der Waals surface area contributed by atoms with Crippen molar-refractivity contribution in [2.24, 2.45) is 5.92 Å². The van der Waals surface area contributed by atoms with Crippen LogP contribution in [0.2, 0.25) is 0 Å². The summed E-state index contributed by atoms with van der Waals surface area (Å²) in [4.78, 5) is 15.5. The smallest absolute Gasteiger partial charge is 0.231 e. The molecule has 2 atom stereocenters. The normalized spacial score (nSPS) is 21.6. The van der Waals surface area contributed by atoms with Crippen molar-refractivity contribution in [3.05, 3.63) is 35.4 Å². The average molecular weight is 311 g/mol. The molecule has 1 heterocycles. The predicted molar refractivity (Wildman–Crippen MR) is 81.4 cm³/mol. The second kappa shape index (κ2) is 7.68. The van der Waals surface area contributed by atoms with E-state index in [1.54, 1.807) is 0 Å². The molecule has 122 valence electrons. The summed E-state index contributed by atoms with van der Waals surface area (Å²) in [6.45, 7) is 7.60. The Hall–Kier alpha value is -1.49. The average Bonchev–Trinajstić information content (AvgIpc) is 2.51. The van der Waals surface area contributed by atoms with Gasteiger partial charge in [0.05, 0.1) is 19.0 Å². The minimum absolute atomic E-state index is 0.0205. The summed E-state index contributed by atoms with van der Waals surface area (Å²) in [6, 6.07) is 3.73. The molecule has 0 saturated carbocycles. The van der Waals surface area contributed by atoms with Gasteiger partial charge in [-0.3, -0.25) is 4.79 Å². The van der Waals surface area contributed by atoms with Crippen molar-refractivity contribution in [3.63, 3.8) is 0 Å². The van der Waals surface area contributed by atoms with Gasteiger partial charge in [-0.2, -0.15) is 0 Å². The van der Waals surface area contributed by atoms with E-state index < -0.39 is 11.6 Å². The van der Waals surface area contributed by atoms with Crippen LogP contribution in [0.15, 0.2) is 18.2 Å². The third-order valence-electron chi connectivity index (χ3n) is 4.50. The molecule has 1 unspecified atom stereocenters. The van der Waals surface area contributed by atoms with E-state index in [1.165, 1.54) is 17.0 Å². The molecule has 0 spiro atoms. The molecule has 22 heavy (non-hydrogen) atoms. The zero-order valence-electron chi connectivity index (χ0n) is 13.4. The standard InChI is InChI=1S/C17H24F2N2O/c1-3-21(4-2)17(22)14-6-5-9-20(12-14)11-13-7-8-15(18)10-16(13)19/h7-8,10,14H,3-6,9,11-12H2,1-2H3/p+1/t14-/m0/s1. The maximum absolute atomic E-state index is 13.8. The lowest BCUT2D eigenvalue weighted by Crippen LogP contribution is -3.12. The maximum Gasteiger partial charge on any atom is 0.231 e. The van der Waals surface area contributed by atoms with E-state index in [0.717, 1.165) is 45.1 Å². The molecule has 1 amide bonds. The molecule has 1 aliphatic rings. The molecule has 1 aliphatic heterocycles. The zero-order chi connectivity index (χ0) is 16.1. The van der Waals surface area contributed by atoms with Crippen molar-refractivity contribution < 1.29 is 18.5 Å². The molecule has 0 aromatic heterocycles. The lowest BCUT2D eigenvalue weighted by atomic mass is 9.96. The Morgan fingerprint density at radius 3 is 2.68 bits per heavy atom. The van der Waals surface area contributed by atoms with E-state index in [-0.39, 0.29) is 11.8 Å². The summed E-state index contributed by atoms with van der Waals surface area (Å²) in [5.41, 5.74) is 0.521. The van der Waals surface area contributed by atoms with Gasteiger partial charge in [-0.1, -0.05) is 0 Å². The molecule has 0 aliphatic carbocycles. The fourth-order valence-corrected chi connectivity index (χ4v) is 3.25. The molecule has 3 nitrogen and oxygen atoms in total. The Morgan fingerprint density at radius 1 is 1.32 bits per heavy atom. The molecule has 1 fully saturated rings. The quantitative estimate of drug-likeness (QED) is 0.878. The molecular weight excluding hydrogens is 286 g/mol. The largest absolute Gasteiger partial charge is 0.343 e. The lowest BCUT2D eigenvalue weighted by Gasteiger charge is -2.32. The van der Waals surface area contributed by atoms with Gasteiger partial charge in [0.1, 0.15) is 18.2 Å². The highest BCUT2D eigenvalue weighted by Gasteiger charge is 2.31. The Kier molecular flexibility index (Phi) is 5.89. The Labute approximate surface area is 130 Å². The van der Waals surface area contributed by atoms with Crippen LogP contribution in [-0.2, 0) is 11.3 Å². The first-order chi connectivity index (χ1) is 10.5. The van der Waals surface area contributed by atoms with Crippen molar-refractivity contribution in [2.45, 2.75) is 33.2 Å². The first-order valence-electron chi connectivity index (χ1n) is 8.11. The van der Waals surface area contributed by atoms with Gasteiger partial charge in [-0.05, 0) is 38.8 Å². The number of rotatable bonds is 5. The fraction of sp³-hybridized carbons (Fsp3) is 0.588. The highest BCUT2D eigenvalue weighted by atomic mass is 19.1. The molecule has 1 saturated heterocycles. The van der Waals surface area contributed by atoms with Crippen LogP contribution in [0, 0.1) is 17.6 Å². The minimum Gasteiger partial charge on any atom is -0.343 e. The monoisotopic (exact) mass is 311 g/mol. The van der Waals surface area contributed by atoms with Gasteiger partial charge < -0.3 is 9.80 Å². The zero-order valence-corrected chi connectivity index (χ0v) is 13.4. The van der Waals surface area contributed by atoms with E-state index in [1.807, 2.05) is 18.7 Å². The van der Waals surface area contributed by atoms with Crippen molar-refractivity contribution >= 4 is 5.91 Å². The van der Waals surface area contributed by atoms with Crippen LogP contribution in [0.3, 0.4) is 0 Å². The van der Waals surface area contributed by atoms with E-state index in [2.05, 4.69) is 0 Å². The first-order valence-corrected chi connectivity index (χ1v) is 8.11. The van der Waals surface area contributed by atoms with E-state index in [4.69, 9.17) is 0 Å². The van der Waals surface area contributed by atoms with Gasteiger partial charge >= 0.3 is 0 Å². The number of nitrogens with zero attached hydrogens (tertiary/aromatic N) is 1. The van der Waals surface area contributed by atoms with Crippen molar-refractivity contribution in [1.82, 2.24) is 4.90 Å². The number of amides is 1. The molecule has 1 aromatic rings. The maximum atomic E-state index is 13.8. The number of likely N-dealkylation sites (tertiary alicyclic amines) is 1. The summed E-state index contributed by atoms with van der Waals surface area (Å²) in [6.07, 6.45) is 1.88. The van der Waals surface area contributed by atoms with Crippen LogP contribution in [0.25, 0.3) is 0 Å². The summed E-state index contributed by atoms with van der Waals surface area (Å²) in [7, 11) is 0. The molecule has 2 rings (SSSR count). The number of carbonyl (C=O) groups excluding carboxylic acids is 1. The number of carbonyl (C=O) groups is 1. The number of quaternary nitrogens is 1. The van der Waals surface area contributed by atoms with E-state index in [0.29, 0.717) is 12.1 Å². The van der Waals surface area contributed by atoms with Gasteiger partial charge in [0.15, 0.2) is 0 Å². The summed E-state index contributed by atoms with van der Waals surface area (Å²) in [5, 5.41) is 0. The van der Waals surface area contributed by atoms with Crippen LogP contribution in [-0.4, -0.2) is 37.0 Å². The number of hydrogen-bond donors (Lipinski definition) is 1. The number of halogens is 2. The number of hydrogen-bond acceptors (Lipinski definition) is 1. The Bertz CT molecular complexity index is 517. The van der Waals surface area contributed by atoms with Gasteiger partial charge in [0, 0.05) is 24.7 Å². The summed E-state index contributed by atoms with van der Waals surface area (Å²) >= 11 is 0. The third-order valence-corrected chi connectivity index (χ3v) is 4.50. The highest BCUT2D eigenvalue weighted by molar-refractivity contribution is 5.78. The van der Waals surface area contributed by atoms with Gasteiger partial charge in [-0.15, -0.1) is 0 Å². The fourth-order valence-electron chi connectivity index (χ4n) is 3.25. The first kappa shape index (κ1) is 16.9. The Morgan fingerprint density at radius 2 is 2.05 bits per heavy atom.